The van der Waals surface area contributed by atoms with Crippen LogP contribution in [0.5, 0.6) is 0 Å². The molecule has 0 radical (unpaired) electrons. The first kappa shape index (κ1) is 25.9. The van der Waals surface area contributed by atoms with Crippen LogP contribution in [0.4, 0.5) is 0 Å². The third-order valence-corrected chi connectivity index (χ3v) is 4.93. The minimum Gasteiger partial charge on any atom is -0.465 e. The zero-order chi connectivity index (χ0) is 20.7. The van der Waals surface area contributed by atoms with Gasteiger partial charge in [-0.3, -0.25) is 9.59 Å². The molecular formula is C21H40O6. The Morgan fingerprint density at radius 1 is 0.704 bits per heavy atom. The molecule has 0 aliphatic heterocycles. The molecule has 6 nitrogen and oxygen atoms in total. The predicted octanol–water partition coefficient (Wildman–Crippen LogP) is 3.48. The SMILES string of the molecule is CCCC(CCC)C(=O)OCC(CO)(CO)COC(=O)C(CCC)CCC. The second kappa shape index (κ2) is 14.9. The van der Waals surface area contributed by atoms with E-state index >= 15 is 0 Å². The van der Waals surface area contributed by atoms with Crippen molar-refractivity contribution in [1.29, 1.82) is 0 Å². The molecule has 0 amide bonds. The molecule has 0 aromatic carbocycles. The standard InChI is InChI=1S/C21H40O6/c1-5-9-17(10-6-2)19(24)26-15-21(13-22,14-23)16-27-20(25)18(11-7-3)12-8-4/h17-18,22-23H,5-16H2,1-4H3. The zero-order valence-corrected chi connectivity index (χ0v) is 17.7. The van der Waals surface area contributed by atoms with E-state index in [4.69, 9.17) is 9.47 Å². The van der Waals surface area contributed by atoms with E-state index in [2.05, 4.69) is 0 Å². The largest absolute Gasteiger partial charge is 0.465 e. The number of hydrogen-bond donors (Lipinski definition) is 2. The first-order valence-corrected chi connectivity index (χ1v) is 10.5. The average Bonchev–Trinajstić information content (AvgIpc) is 2.68. The molecule has 0 aromatic heterocycles. The van der Waals surface area contributed by atoms with E-state index in [0.717, 1.165) is 51.4 Å². The van der Waals surface area contributed by atoms with Crippen LogP contribution < -0.4 is 0 Å². The highest BCUT2D eigenvalue weighted by atomic mass is 16.6. The van der Waals surface area contributed by atoms with Crippen LogP contribution >= 0.6 is 0 Å². The van der Waals surface area contributed by atoms with Crippen LogP contribution in [0.1, 0.15) is 79.1 Å². The van der Waals surface area contributed by atoms with Crippen molar-refractivity contribution in [3.05, 3.63) is 0 Å². The summed E-state index contributed by atoms with van der Waals surface area (Å²) in [5.41, 5.74) is -1.17. The van der Waals surface area contributed by atoms with Crippen molar-refractivity contribution in [2.24, 2.45) is 17.3 Å². The van der Waals surface area contributed by atoms with Gasteiger partial charge in [0.2, 0.25) is 0 Å². The molecule has 2 N–H and O–H groups in total. The van der Waals surface area contributed by atoms with Gasteiger partial charge in [0.15, 0.2) is 0 Å². The van der Waals surface area contributed by atoms with Gasteiger partial charge in [0.1, 0.15) is 13.2 Å². The summed E-state index contributed by atoms with van der Waals surface area (Å²) in [5, 5.41) is 19.5. The van der Waals surface area contributed by atoms with Gasteiger partial charge in [0.05, 0.1) is 30.5 Å². The third-order valence-electron chi connectivity index (χ3n) is 4.93. The molecule has 0 heterocycles. The van der Waals surface area contributed by atoms with Crippen molar-refractivity contribution in [3.63, 3.8) is 0 Å². The summed E-state index contributed by atoms with van der Waals surface area (Å²) >= 11 is 0. The predicted molar refractivity (Wildman–Crippen MR) is 105 cm³/mol. The lowest BCUT2D eigenvalue weighted by molar-refractivity contribution is -0.164. The van der Waals surface area contributed by atoms with Crippen molar-refractivity contribution in [3.8, 4) is 0 Å². The lowest BCUT2D eigenvalue weighted by atomic mass is 9.91. The molecule has 6 heteroatoms. The number of aliphatic hydroxyl groups excluding tert-OH is 2. The minimum atomic E-state index is -1.17. The second-order valence-corrected chi connectivity index (χ2v) is 7.58. The molecule has 0 fully saturated rings. The minimum absolute atomic E-state index is 0.164. The maximum absolute atomic E-state index is 12.3. The van der Waals surface area contributed by atoms with Crippen LogP contribution in [0.2, 0.25) is 0 Å². The van der Waals surface area contributed by atoms with Crippen molar-refractivity contribution < 1.29 is 29.3 Å². The van der Waals surface area contributed by atoms with Crippen LogP contribution in [-0.2, 0) is 19.1 Å². The Balaban J connectivity index is 4.82. The molecular weight excluding hydrogens is 348 g/mol. The Hall–Kier alpha value is -1.14. The molecule has 0 saturated carbocycles. The van der Waals surface area contributed by atoms with Gasteiger partial charge < -0.3 is 19.7 Å². The molecule has 0 bridgehead atoms. The molecule has 160 valence electrons. The van der Waals surface area contributed by atoms with E-state index in [9.17, 15) is 19.8 Å². The number of carbonyl (C=O) groups excluding carboxylic acids is 2. The maximum Gasteiger partial charge on any atom is 0.308 e. The first-order chi connectivity index (χ1) is 12.9. The quantitative estimate of drug-likeness (QED) is 0.393. The van der Waals surface area contributed by atoms with Crippen LogP contribution in [0, 0.1) is 17.3 Å². The van der Waals surface area contributed by atoms with Gasteiger partial charge in [0, 0.05) is 0 Å². The van der Waals surface area contributed by atoms with Gasteiger partial charge in [-0.15, -0.1) is 0 Å². The number of hydrogen-bond acceptors (Lipinski definition) is 6. The Labute approximate surface area is 164 Å². The highest BCUT2D eigenvalue weighted by Gasteiger charge is 2.34. The number of aliphatic hydroxyl groups is 2. The number of rotatable bonds is 16. The summed E-state index contributed by atoms with van der Waals surface area (Å²) in [4.78, 5) is 24.7. The van der Waals surface area contributed by atoms with Crippen molar-refractivity contribution in [2.75, 3.05) is 26.4 Å². The van der Waals surface area contributed by atoms with E-state index in [1.165, 1.54) is 0 Å². The zero-order valence-electron chi connectivity index (χ0n) is 17.7. The Bertz CT molecular complexity index is 359. The Morgan fingerprint density at radius 2 is 1.00 bits per heavy atom. The summed E-state index contributed by atoms with van der Waals surface area (Å²) in [6, 6.07) is 0. The third kappa shape index (κ3) is 9.56. The van der Waals surface area contributed by atoms with Gasteiger partial charge in [-0.2, -0.15) is 0 Å². The molecule has 0 aromatic rings. The molecule has 27 heavy (non-hydrogen) atoms. The Kier molecular flexibility index (Phi) is 14.2. The van der Waals surface area contributed by atoms with E-state index < -0.39 is 18.6 Å². The van der Waals surface area contributed by atoms with Crippen molar-refractivity contribution >= 4 is 11.9 Å². The summed E-state index contributed by atoms with van der Waals surface area (Å²) in [5.74, 6) is -0.968. The summed E-state index contributed by atoms with van der Waals surface area (Å²) in [6.45, 7) is 6.89. The second-order valence-electron chi connectivity index (χ2n) is 7.58. The van der Waals surface area contributed by atoms with E-state index in [-0.39, 0.29) is 37.0 Å². The maximum atomic E-state index is 12.3. The molecule has 0 aliphatic carbocycles. The highest BCUT2D eigenvalue weighted by molar-refractivity contribution is 5.73. The fraction of sp³-hybridized carbons (Fsp3) is 0.905. The van der Waals surface area contributed by atoms with Gasteiger partial charge in [-0.25, -0.2) is 0 Å². The fourth-order valence-corrected chi connectivity index (χ4v) is 3.11. The fourth-order valence-electron chi connectivity index (χ4n) is 3.11. The normalized spacial score (nSPS) is 11.9. The number of carbonyl (C=O) groups is 2. The number of esters is 2. The highest BCUT2D eigenvalue weighted by Crippen LogP contribution is 2.23. The van der Waals surface area contributed by atoms with Crippen molar-refractivity contribution in [2.45, 2.75) is 79.1 Å². The molecule has 0 saturated heterocycles. The summed E-state index contributed by atoms with van der Waals surface area (Å²) < 4.78 is 10.8. The van der Waals surface area contributed by atoms with E-state index in [0.29, 0.717) is 0 Å². The lowest BCUT2D eigenvalue weighted by Crippen LogP contribution is -2.42. The van der Waals surface area contributed by atoms with Crippen LogP contribution in [0.3, 0.4) is 0 Å². The topological polar surface area (TPSA) is 93.1 Å². The monoisotopic (exact) mass is 388 g/mol. The first-order valence-electron chi connectivity index (χ1n) is 10.5. The van der Waals surface area contributed by atoms with Crippen LogP contribution in [-0.4, -0.2) is 48.6 Å². The van der Waals surface area contributed by atoms with Crippen LogP contribution in [0.25, 0.3) is 0 Å². The smallest absolute Gasteiger partial charge is 0.308 e. The van der Waals surface area contributed by atoms with Crippen LogP contribution in [0.15, 0.2) is 0 Å². The van der Waals surface area contributed by atoms with Gasteiger partial charge in [-0.05, 0) is 25.7 Å². The molecule has 0 rings (SSSR count). The summed E-state index contributed by atoms with van der Waals surface area (Å²) in [6.07, 6.45) is 6.56. The molecule has 0 spiro atoms. The molecule has 0 unspecified atom stereocenters. The Morgan fingerprint density at radius 3 is 1.22 bits per heavy atom. The van der Waals surface area contributed by atoms with Gasteiger partial charge >= 0.3 is 11.9 Å². The molecule has 0 atom stereocenters. The average molecular weight is 389 g/mol. The van der Waals surface area contributed by atoms with E-state index in [1.807, 2.05) is 27.7 Å². The summed E-state index contributed by atoms with van der Waals surface area (Å²) in [7, 11) is 0. The van der Waals surface area contributed by atoms with Gasteiger partial charge in [0.25, 0.3) is 0 Å². The van der Waals surface area contributed by atoms with E-state index in [1.54, 1.807) is 0 Å². The molecule has 0 aliphatic rings. The number of ether oxygens (including phenoxy) is 2. The lowest BCUT2D eigenvalue weighted by Gasteiger charge is -2.30. The van der Waals surface area contributed by atoms with Crippen molar-refractivity contribution in [1.82, 2.24) is 0 Å². The van der Waals surface area contributed by atoms with Gasteiger partial charge in [-0.1, -0.05) is 53.4 Å².